The zero-order valence-electron chi connectivity index (χ0n) is 10.6. The van der Waals surface area contributed by atoms with E-state index in [1.54, 1.807) is 0 Å². The van der Waals surface area contributed by atoms with Gasteiger partial charge in [-0.3, -0.25) is 4.79 Å². The molecule has 1 aromatic rings. The third kappa shape index (κ3) is 1.99. The van der Waals surface area contributed by atoms with Gasteiger partial charge in [0.15, 0.2) is 0 Å². The lowest BCUT2D eigenvalue weighted by atomic mass is 9.81. The van der Waals surface area contributed by atoms with Crippen LogP contribution < -0.4 is 0 Å². The van der Waals surface area contributed by atoms with Crippen LogP contribution in [-0.4, -0.2) is 12.6 Å². The van der Waals surface area contributed by atoms with Crippen LogP contribution in [0.1, 0.15) is 31.9 Å². The maximum atomic E-state index is 12.0. The molecule has 0 aromatic heterocycles. The molecule has 0 heterocycles. The Morgan fingerprint density at radius 1 is 1.35 bits per heavy atom. The molecule has 0 saturated heterocycles. The molecular formula is C15H18O2. The Bertz CT molecular complexity index is 470. The van der Waals surface area contributed by atoms with Gasteiger partial charge in [0.1, 0.15) is 0 Å². The zero-order valence-corrected chi connectivity index (χ0v) is 10.6. The molecule has 0 atom stereocenters. The molecule has 0 fully saturated rings. The van der Waals surface area contributed by atoms with Crippen molar-refractivity contribution < 1.29 is 9.53 Å². The van der Waals surface area contributed by atoms with E-state index < -0.39 is 5.41 Å². The van der Waals surface area contributed by atoms with Crippen LogP contribution in [0.3, 0.4) is 0 Å². The minimum atomic E-state index is -0.567. The van der Waals surface area contributed by atoms with Gasteiger partial charge in [-0.2, -0.15) is 0 Å². The van der Waals surface area contributed by atoms with Crippen molar-refractivity contribution in [1.29, 1.82) is 0 Å². The van der Waals surface area contributed by atoms with Gasteiger partial charge in [-0.1, -0.05) is 30.3 Å². The highest BCUT2D eigenvalue weighted by Crippen LogP contribution is 2.41. The molecule has 1 aromatic carbocycles. The molecule has 0 amide bonds. The molecule has 0 bridgehead atoms. The van der Waals surface area contributed by atoms with Crippen LogP contribution in [0.15, 0.2) is 30.3 Å². The summed E-state index contributed by atoms with van der Waals surface area (Å²) in [7, 11) is 0. The summed E-state index contributed by atoms with van der Waals surface area (Å²) in [5.74, 6) is -0.150. The number of carbonyl (C=O) groups is 1. The minimum absolute atomic E-state index is 0.150. The van der Waals surface area contributed by atoms with Crippen LogP contribution in [0.25, 0.3) is 5.57 Å². The Hall–Kier alpha value is -1.57. The van der Waals surface area contributed by atoms with Gasteiger partial charge in [0.2, 0.25) is 0 Å². The number of rotatable bonds is 3. The second kappa shape index (κ2) is 4.36. The molecule has 0 saturated carbocycles. The van der Waals surface area contributed by atoms with Crippen molar-refractivity contribution in [2.45, 2.75) is 27.2 Å². The molecule has 1 aliphatic carbocycles. The van der Waals surface area contributed by atoms with Crippen molar-refractivity contribution >= 4 is 11.5 Å². The smallest absolute Gasteiger partial charge is 0.315 e. The van der Waals surface area contributed by atoms with Gasteiger partial charge in [0, 0.05) is 0 Å². The quantitative estimate of drug-likeness (QED) is 0.745. The summed E-state index contributed by atoms with van der Waals surface area (Å²) in [5, 5.41) is 0. The first-order chi connectivity index (χ1) is 8.07. The third-order valence-corrected chi connectivity index (χ3v) is 3.29. The summed E-state index contributed by atoms with van der Waals surface area (Å²) < 4.78 is 5.15. The molecule has 2 nitrogen and oxygen atoms in total. The lowest BCUT2D eigenvalue weighted by Crippen LogP contribution is -2.27. The third-order valence-electron chi connectivity index (χ3n) is 3.29. The standard InChI is InChI=1S/C15H18O2/c1-4-17-14(16)15(2,3)13-10-9-11-7-5-6-8-12(11)13/h5-8,10H,4,9H2,1-3H3. The largest absolute Gasteiger partial charge is 0.465 e. The lowest BCUT2D eigenvalue weighted by molar-refractivity contribution is -0.150. The molecule has 90 valence electrons. The van der Waals surface area contributed by atoms with Gasteiger partial charge >= 0.3 is 5.97 Å². The minimum Gasteiger partial charge on any atom is -0.465 e. The predicted molar refractivity (Wildman–Crippen MR) is 68.5 cm³/mol. The average Bonchev–Trinajstić information content (AvgIpc) is 2.73. The van der Waals surface area contributed by atoms with Crippen molar-refractivity contribution in [3.8, 4) is 0 Å². The zero-order chi connectivity index (χ0) is 12.5. The number of fused-ring (bicyclic) bond motifs is 1. The Labute approximate surface area is 102 Å². The summed E-state index contributed by atoms with van der Waals surface area (Å²) in [6, 6.07) is 8.24. The number of ether oxygens (including phenoxy) is 1. The molecule has 1 aliphatic rings. The summed E-state index contributed by atoms with van der Waals surface area (Å²) in [5.41, 5.74) is 3.00. The first kappa shape index (κ1) is 11.9. The topological polar surface area (TPSA) is 26.3 Å². The summed E-state index contributed by atoms with van der Waals surface area (Å²) in [6.45, 7) is 6.12. The Morgan fingerprint density at radius 2 is 2.06 bits per heavy atom. The van der Waals surface area contributed by atoms with E-state index in [0.29, 0.717) is 6.61 Å². The van der Waals surface area contributed by atoms with Crippen LogP contribution in [0, 0.1) is 5.41 Å². The second-order valence-electron chi connectivity index (χ2n) is 4.82. The molecule has 0 unspecified atom stereocenters. The van der Waals surface area contributed by atoms with Crippen LogP contribution in [0.4, 0.5) is 0 Å². The summed E-state index contributed by atoms with van der Waals surface area (Å²) >= 11 is 0. The van der Waals surface area contributed by atoms with Gasteiger partial charge in [-0.25, -0.2) is 0 Å². The normalized spacial score (nSPS) is 14.2. The van der Waals surface area contributed by atoms with E-state index in [9.17, 15) is 4.79 Å². The fraction of sp³-hybridized carbons (Fsp3) is 0.400. The molecule has 0 spiro atoms. The SMILES string of the molecule is CCOC(=O)C(C)(C)C1=CCc2ccccc21. The van der Waals surface area contributed by atoms with E-state index in [0.717, 1.165) is 12.0 Å². The monoisotopic (exact) mass is 230 g/mol. The predicted octanol–water partition coefficient (Wildman–Crippen LogP) is 3.22. The Kier molecular flexibility index (Phi) is 3.05. The number of benzene rings is 1. The second-order valence-corrected chi connectivity index (χ2v) is 4.82. The summed E-state index contributed by atoms with van der Waals surface area (Å²) in [4.78, 5) is 12.0. The van der Waals surface area contributed by atoms with E-state index in [1.165, 1.54) is 11.1 Å². The number of esters is 1. The lowest BCUT2D eigenvalue weighted by Gasteiger charge is -2.24. The van der Waals surface area contributed by atoms with Crippen molar-refractivity contribution in [1.82, 2.24) is 0 Å². The first-order valence-electron chi connectivity index (χ1n) is 6.03. The molecule has 0 aliphatic heterocycles. The van der Waals surface area contributed by atoms with Gasteiger partial charge in [-0.15, -0.1) is 0 Å². The van der Waals surface area contributed by atoms with Gasteiger partial charge < -0.3 is 4.74 Å². The van der Waals surface area contributed by atoms with Crippen LogP contribution in [0.5, 0.6) is 0 Å². The first-order valence-corrected chi connectivity index (χ1v) is 6.03. The van der Waals surface area contributed by atoms with Crippen molar-refractivity contribution in [2.24, 2.45) is 5.41 Å². The molecule has 2 heteroatoms. The highest BCUT2D eigenvalue weighted by atomic mass is 16.5. The van der Waals surface area contributed by atoms with Crippen LogP contribution >= 0.6 is 0 Å². The van der Waals surface area contributed by atoms with Crippen molar-refractivity contribution in [3.05, 3.63) is 41.5 Å². The Morgan fingerprint density at radius 3 is 2.76 bits per heavy atom. The molecule has 2 rings (SSSR count). The molecule has 17 heavy (non-hydrogen) atoms. The highest BCUT2D eigenvalue weighted by Gasteiger charge is 2.36. The number of hydrogen-bond acceptors (Lipinski definition) is 2. The van der Waals surface area contributed by atoms with Gasteiger partial charge in [0.25, 0.3) is 0 Å². The number of carbonyl (C=O) groups excluding carboxylic acids is 1. The van der Waals surface area contributed by atoms with Gasteiger partial charge in [-0.05, 0) is 43.9 Å². The van der Waals surface area contributed by atoms with E-state index in [2.05, 4.69) is 18.2 Å². The summed E-state index contributed by atoms with van der Waals surface area (Å²) in [6.07, 6.45) is 3.05. The van der Waals surface area contributed by atoms with Crippen molar-refractivity contribution in [2.75, 3.05) is 6.61 Å². The molecule has 0 radical (unpaired) electrons. The van der Waals surface area contributed by atoms with E-state index in [4.69, 9.17) is 4.74 Å². The Balaban J connectivity index is 2.34. The fourth-order valence-electron chi connectivity index (χ4n) is 2.30. The highest BCUT2D eigenvalue weighted by molar-refractivity contribution is 5.94. The average molecular weight is 230 g/mol. The van der Waals surface area contributed by atoms with Crippen molar-refractivity contribution in [3.63, 3.8) is 0 Å². The van der Waals surface area contributed by atoms with E-state index >= 15 is 0 Å². The van der Waals surface area contributed by atoms with Gasteiger partial charge in [0.05, 0.1) is 12.0 Å². The van der Waals surface area contributed by atoms with E-state index in [-0.39, 0.29) is 5.97 Å². The number of allylic oxidation sites excluding steroid dienone is 1. The maximum absolute atomic E-state index is 12.0. The molecular weight excluding hydrogens is 212 g/mol. The van der Waals surface area contributed by atoms with E-state index in [1.807, 2.05) is 32.9 Å². The maximum Gasteiger partial charge on any atom is 0.315 e. The van der Waals surface area contributed by atoms with Crippen LogP contribution in [0.2, 0.25) is 0 Å². The fourth-order valence-corrected chi connectivity index (χ4v) is 2.30. The van der Waals surface area contributed by atoms with Crippen LogP contribution in [-0.2, 0) is 16.0 Å². The molecule has 0 N–H and O–H groups in total. The number of hydrogen-bond donors (Lipinski definition) is 0.